The Morgan fingerprint density at radius 2 is 1.78 bits per heavy atom. The van der Waals surface area contributed by atoms with Gasteiger partial charge in [-0.25, -0.2) is 0 Å². The number of carbonyl (C=O) groups excluding carboxylic acids is 1. The minimum atomic E-state index is -0.522. The monoisotopic (exact) mass is 367 g/mol. The highest BCUT2D eigenvalue weighted by molar-refractivity contribution is 5.88. The molecule has 1 aliphatic heterocycles. The molecule has 0 spiro atoms. The molecule has 4 nitrogen and oxygen atoms in total. The smallest absolute Gasteiger partial charge is 0.231 e. The molecule has 1 N–H and O–H groups in total. The van der Waals surface area contributed by atoms with Gasteiger partial charge in [-0.15, -0.1) is 0 Å². The van der Waals surface area contributed by atoms with E-state index in [-0.39, 0.29) is 11.9 Å². The molecular weight excluding hydrogens is 338 g/mol. The molecule has 1 amide bonds. The third-order valence-corrected chi connectivity index (χ3v) is 5.51. The van der Waals surface area contributed by atoms with E-state index in [1.165, 1.54) is 5.56 Å². The van der Waals surface area contributed by atoms with E-state index in [0.717, 1.165) is 24.2 Å². The third kappa shape index (κ3) is 4.69. The van der Waals surface area contributed by atoms with Crippen LogP contribution in [-0.4, -0.2) is 32.3 Å². The molecule has 1 fully saturated rings. The lowest BCUT2D eigenvalue weighted by atomic mass is 9.73. The summed E-state index contributed by atoms with van der Waals surface area (Å²) >= 11 is 0. The molecule has 1 heterocycles. The summed E-state index contributed by atoms with van der Waals surface area (Å²) in [6, 6.07) is 18.4. The average molecular weight is 367 g/mol. The SMILES string of the molecule is COc1ccc(C2(C(=O)N[C@H](C)CCc3ccccc3)CCOCC2)cc1. The summed E-state index contributed by atoms with van der Waals surface area (Å²) in [7, 11) is 1.65. The zero-order chi connectivity index (χ0) is 19.1. The Bertz CT molecular complexity index is 721. The predicted molar refractivity (Wildman–Crippen MR) is 107 cm³/mol. The van der Waals surface area contributed by atoms with Crippen molar-refractivity contribution < 1.29 is 14.3 Å². The van der Waals surface area contributed by atoms with Crippen LogP contribution in [0, 0.1) is 0 Å². The summed E-state index contributed by atoms with van der Waals surface area (Å²) < 4.78 is 10.8. The van der Waals surface area contributed by atoms with Gasteiger partial charge < -0.3 is 14.8 Å². The van der Waals surface area contributed by atoms with Gasteiger partial charge in [0.2, 0.25) is 5.91 Å². The van der Waals surface area contributed by atoms with Crippen molar-refractivity contribution in [1.82, 2.24) is 5.32 Å². The Balaban J connectivity index is 1.69. The number of rotatable bonds is 7. The van der Waals surface area contributed by atoms with Gasteiger partial charge in [0.05, 0.1) is 12.5 Å². The van der Waals surface area contributed by atoms with Gasteiger partial charge in [-0.2, -0.15) is 0 Å². The first-order valence-corrected chi connectivity index (χ1v) is 9.71. The first-order chi connectivity index (χ1) is 13.1. The van der Waals surface area contributed by atoms with Crippen molar-refractivity contribution in [3.8, 4) is 5.75 Å². The second-order valence-electron chi connectivity index (χ2n) is 7.32. The maximum atomic E-state index is 13.3. The molecule has 1 saturated heterocycles. The van der Waals surface area contributed by atoms with Crippen molar-refractivity contribution in [2.24, 2.45) is 0 Å². The van der Waals surface area contributed by atoms with Crippen LogP contribution in [0.3, 0.4) is 0 Å². The zero-order valence-corrected chi connectivity index (χ0v) is 16.2. The van der Waals surface area contributed by atoms with E-state index in [4.69, 9.17) is 9.47 Å². The highest BCUT2D eigenvalue weighted by Crippen LogP contribution is 2.36. The van der Waals surface area contributed by atoms with Gasteiger partial charge in [0.25, 0.3) is 0 Å². The zero-order valence-electron chi connectivity index (χ0n) is 16.2. The highest BCUT2D eigenvalue weighted by atomic mass is 16.5. The van der Waals surface area contributed by atoms with E-state index in [1.807, 2.05) is 30.3 Å². The Morgan fingerprint density at radius 1 is 1.11 bits per heavy atom. The fourth-order valence-corrected chi connectivity index (χ4v) is 3.74. The van der Waals surface area contributed by atoms with Crippen LogP contribution < -0.4 is 10.1 Å². The second-order valence-corrected chi connectivity index (χ2v) is 7.32. The summed E-state index contributed by atoms with van der Waals surface area (Å²) in [5.41, 5.74) is 1.82. The number of methoxy groups -OCH3 is 1. The van der Waals surface area contributed by atoms with Crippen LogP contribution in [0.25, 0.3) is 0 Å². The van der Waals surface area contributed by atoms with Gasteiger partial charge in [-0.3, -0.25) is 4.79 Å². The summed E-state index contributed by atoms with van der Waals surface area (Å²) in [5, 5.41) is 3.26. The number of carbonyl (C=O) groups is 1. The first kappa shape index (κ1) is 19.4. The molecule has 0 saturated carbocycles. The number of ether oxygens (including phenoxy) is 2. The number of benzene rings is 2. The molecule has 3 rings (SSSR count). The molecule has 144 valence electrons. The fraction of sp³-hybridized carbons (Fsp3) is 0.435. The van der Waals surface area contributed by atoms with Crippen LogP contribution in [0.15, 0.2) is 54.6 Å². The predicted octanol–water partition coefficient (Wildman–Crippen LogP) is 3.88. The molecule has 1 aliphatic rings. The number of hydrogen-bond donors (Lipinski definition) is 1. The second kappa shape index (κ2) is 9.05. The Hall–Kier alpha value is -2.33. The van der Waals surface area contributed by atoms with Gasteiger partial charge in [0.1, 0.15) is 5.75 Å². The van der Waals surface area contributed by atoms with Crippen LogP contribution in [0.5, 0.6) is 5.75 Å². The van der Waals surface area contributed by atoms with Crippen molar-refractivity contribution in [2.75, 3.05) is 20.3 Å². The minimum absolute atomic E-state index is 0.108. The Morgan fingerprint density at radius 3 is 2.41 bits per heavy atom. The standard InChI is InChI=1S/C23H29NO3/c1-18(8-9-19-6-4-3-5-7-19)24-22(25)23(14-16-27-17-15-23)20-10-12-21(26-2)13-11-20/h3-7,10-13,18H,8-9,14-17H2,1-2H3,(H,24,25)/t18-/m1/s1. The van der Waals surface area contributed by atoms with E-state index in [0.29, 0.717) is 26.1 Å². The van der Waals surface area contributed by atoms with E-state index < -0.39 is 5.41 Å². The number of aryl methyl sites for hydroxylation is 1. The molecule has 4 heteroatoms. The quantitative estimate of drug-likeness (QED) is 0.808. The van der Waals surface area contributed by atoms with Gasteiger partial charge in [-0.05, 0) is 55.9 Å². The van der Waals surface area contributed by atoms with Crippen molar-refractivity contribution in [1.29, 1.82) is 0 Å². The van der Waals surface area contributed by atoms with Crippen molar-refractivity contribution in [2.45, 2.75) is 44.1 Å². The van der Waals surface area contributed by atoms with Crippen molar-refractivity contribution in [3.63, 3.8) is 0 Å². The van der Waals surface area contributed by atoms with Gasteiger partial charge >= 0.3 is 0 Å². The molecule has 2 aromatic carbocycles. The molecule has 0 unspecified atom stereocenters. The molecule has 0 aromatic heterocycles. The Kier molecular flexibility index (Phi) is 6.51. The third-order valence-electron chi connectivity index (χ3n) is 5.51. The van der Waals surface area contributed by atoms with Gasteiger partial charge in [-0.1, -0.05) is 42.5 Å². The first-order valence-electron chi connectivity index (χ1n) is 9.71. The van der Waals surface area contributed by atoms with Crippen molar-refractivity contribution in [3.05, 3.63) is 65.7 Å². The maximum absolute atomic E-state index is 13.3. The molecule has 2 aromatic rings. The number of amides is 1. The van der Waals surface area contributed by atoms with Crippen LogP contribution in [0.2, 0.25) is 0 Å². The summed E-state index contributed by atoms with van der Waals surface area (Å²) in [4.78, 5) is 13.3. The lowest BCUT2D eigenvalue weighted by molar-refractivity contribution is -0.131. The minimum Gasteiger partial charge on any atom is -0.497 e. The fourth-order valence-electron chi connectivity index (χ4n) is 3.74. The van der Waals surface area contributed by atoms with Crippen LogP contribution in [-0.2, 0) is 21.4 Å². The average Bonchev–Trinajstić information content (AvgIpc) is 2.73. The molecule has 0 radical (unpaired) electrons. The van der Waals surface area contributed by atoms with Gasteiger partial charge in [0, 0.05) is 19.3 Å². The van der Waals surface area contributed by atoms with Gasteiger partial charge in [0.15, 0.2) is 0 Å². The Labute approximate surface area is 161 Å². The van der Waals surface area contributed by atoms with Crippen LogP contribution >= 0.6 is 0 Å². The summed E-state index contributed by atoms with van der Waals surface area (Å²) in [6.07, 6.45) is 3.29. The van der Waals surface area contributed by atoms with E-state index >= 15 is 0 Å². The molecule has 0 aliphatic carbocycles. The highest BCUT2D eigenvalue weighted by Gasteiger charge is 2.42. The largest absolute Gasteiger partial charge is 0.497 e. The summed E-state index contributed by atoms with van der Waals surface area (Å²) in [5.74, 6) is 0.911. The van der Waals surface area contributed by atoms with E-state index in [1.54, 1.807) is 7.11 Å². The van der Waals surface area contributed by atoms with Crippen molar-refractivity contribution >= 4 is 5.91 Å². The van der Waals surface area contributed by atoms with Crippen LogP contribution in [0.1, 0.15) is 37.3 Å². The topological polar surface area (TPSA) is 47.6 Å². The number of hydrogen-bond acceptors (Lipinski definition) is 3. The molecular formula is C23H29NO3. The molecule has 27 heavy (non-hydrogen) atoms. The van der Waals surface area contributed by atoms with Crippen LogP contribution in [0.4, 0.5) is 0 Å². The number of nitrogens with one attached hydrogen (secondary N) is 1. The molecule has 0 bridgehead atoms. The lowest BCUT2D eigenvalue weighted by Crippen LogP contribution is -2.50. The lowest BCUT2D eigenvalue weighted by Gasteiger charge is -2.37. The maximum Gasteiger partial charge on any atom is 0.231 e. The summed E-state index contributed by atoms with van der Waals surface area (Å²) in [6.45, 7) is 3.30. The van der Waals surface area contributed by atoms with E-state index in [2.05, 4.69) is 36.5 Å². The molecule has 1 atom stereocenters. The normalized spacial score (nSPS) is 17.1. The van der Waals surface area contributed by atoms with E-state index in [9.17, 15) is 4.79 Å².